The minimum atomic E-state index is -0.219. The Morgan fingerprint density at radius 1 is 1.59 bits per heavy atom. The van der Waals surface area contributed by atoms with Crippen LogP contribution in [0, 0.1) is 16.7 Å². The first-order valence-electron chi connectivity index (χ1n) is 5.19. The number of alkyl halides is 1. The molecule has 1 N–H and O–H groups in total. The number of carbonyl (C=O) groups excluding carboxylic acids is 1. The lowest BCUT2D eigenvalue weighted by Gasteiger charge is -2.21. The van der Waals surface area contributed by atoms with E-state index in [1.807, 2.05) is 19.9 Å². The van der Waals surface area contributed by atoms with Crippen molar-refractivity contribution in [2.75, 3.05) is 11.9 Å². The van der Waals surface area contributed by atoms with Gasteiger partial charge < -0.3 is 5.32 Å². The molecule has 0 aliphatic rings. The topological polar surface area (TPSA) is 65.8 Å². The summed E-state index contributed by atoms with van der Waals surface area (Å²) in [6, 6.07) is 5.09. The van der Waals surface area contributed by atoms with E-state index in [1.165, 1.54) is 6.20 Å². The second-order valence-corrected chi connectivity index (χ2v) is 5.09. The van der Waals surface area contributed by atoms with Crippen molar-refractivity contribution in [1.82, 2.24) is 10.3 Å². The van der Waals surface area contributed by atoms with Crippen LogP contribution in [0.3, 0.4) is 0 Å². The van der Waals surface area contributed by atoms with Crippen molar-refractivity contribution in [2.24, 2.45) is 5.41 Å². The standard InChI is InChI=1S/C12H14BrN3O/c1-12(2,7-13)8-16-11(17)10-4-3-9(5-14)6-15-10/h3-4,6H,7-8H2,1-2H3,(H,16,17). The molecule has 1 amide bonds. The Morgan fingerprint density at radius 2 is 2.29 bits per heavy atom. The summed E-state index contributed by atoms with van der Waals surface area (Å²) in [6.45, 7) is 4.67. The molecule has 0 bridgehead atoms. The predicted molar refractivity (Wildman–Crippen MR) is 68.9 cm³/mol. The van der Waals surface area contributed by atoms with Crippen LogP contribution in [0.1, 0.15) is 29.9 Å². The summed E-state index contributed by atoms with van der Waals surface area (Å²) in [7, 11) is 0. The third-order valence-electron chi connectivity index (χ3n) is 2.21. The maximum absolute atomic E-state index is 11.7. The van der Waals surface area contributed by atoms with Crippen LogP contribution in [0.25, 0.3) is 0 Å². The molecular formula is C12H14BrN3O. The molecule has 0 fully saturated rings. The molecule has 0 unspecified atom stereocenters. The summed E-state index contributed by atoms with van der Waals surface area (Å²) in [4.78, 5) is 15.7. The van der Waals surface area contributed by atoms with Gasteiger partial charge in [0.1, 0.15) is 11.8 Å². The van der Waals surface area contributed by atoms with Crippen molar-refractivity contribution in [3.63, 3.8) is 0 Å². The first kappa shape index (κ1) is 13.7. The number of hydrogen-bond acceptors (Lipinski definition) is 3. The molecule has 1 aromatic heterocycles. The molecule has 1 aromatic rings. The van der Waals surface area contributed by atoms with Gasteiger partial charge in [-0.3, -0.25) is 4.79 Å². The van der Waals surface area contributed by atoms with Crippen LogP contribution in [-0.4, -0.2) is 22.8 Å². The number of halogens is 1. The zero-order valence-electron chi connectivity index (χ0n) is 9.83. The molecule has 5 heteroatoms. The lowest BCUT2D eigenvalue weighted by molar-refractivity contribution is 0.0935. The van der Waals surface area contributed by atoms with Crippen molar-refractivity contribution in [2.45, 2.75) is 13.8 Å². The van der Waals surface area contributed by atoms with Gasteiger partial charge in [0.05, 0.1) is 5.56 Å². The van der Waals surface area contributed by atoms with E-state index in [0.29, 0.717) is 17.8 Å². The van der Waals surface area contributed by atoms with Gasteiger partial charge in [-0.2, -0.15) is 5.26 Å². The fourth-order valence-corrected chi connectivity index (χ4v) is 1.25. The van der Waals surface area contributed by atoms with Crippen LogP contribution in [-0.2, 0) is 0 Å². The molecule has 0 atom stereocenters. The third kappa shape index (κ3) is 4.16. The number of hydrogen-bond donors (Lipinski definition) is 1. The summed E-state index contributed by atoms with van der Waals surface area (Å²) in [5, 5.41) is 12.2. The molecule has 0 spiro atoms. The van der Waals surface area contributed by atoms with E-state index >= 15 is 0 Å². The van der Waals surface area contributed by atoms with Gasteiger partial charge in [0.25, 0.3) is 5.91 Å². The lowest BCUT2D eigenvalue weighted by atomic mass is 9.97. The van der Waals surface area contributed by atoms with E-state index in [0.717, 1.165) is 5.33 Å². The van der Waals surface area contributed by atoms with E-state index < -0.39 is 0 Å². The van der Waals surface area contributed by atoms with Crippen molar-refractivity contribution >= 4 is 21.8 Å². The zero-order chi connectivity index (χ0) is 12.9. The Balaban J connectivity index is 2.62. The lowest BCUT2D eigenvalue weighted by Crippen LogP contribution is -2.35. The number of amides is 1. The number of nitrogens with zero attached hydrogens (tertiary/aromatic N) is 2. The van der Waals surface area contributed by atoms with Gasteiger partial charge in [-0.15, -0.1) is 0 Å². The van der Waals surface area contributed by atoms with Gasteiger partial charge in [-0.25, -0.2) is 4.98 Å². The van der Waals surface area contributed by atoms with Gasteiger partial charge in [0.2, 0.25) is 0 Å². The maximum atomic E-state index is 11.7. The van der Waals surface area contributed by atoms with Crippen LogP contribution in [0.5, 0.6) is 0 Å². The summed E-state index contributed by atoms with van der Waals surface area (Å²) < 4.78 is 0. The quantitative estimate of drug-likeness (QED) is 0.865. The first-order chi connectivity index (χ1) is 7.98. The Bertz CT molecular complexity index is 434. The molecule has 4 nitrogen and oxygen atoms in total. The largest absolute Gasteiger partial charge is 0.350 e. The highest BCUT2D eigenvalue weighted by Crippen LogP contribution is 2.16. The molecular weight excluding hydrogens is 282 g/mol. The Morgan fingerprint density at radius 3 is 2.76 bits per heavy atom. The fourth-order valence-electron chi connectivity index (χ4n) is 1.05. The predicted octanol–water partition coefficient (Wildman–Crippen LogP) is 2.10. The molecule has 0 saturated heterocycles. The van der Waals surface area contributed by atoms with Crippen molar-refractivity contribution < 1.29 is 4.79 Å². The van der Waals surface area contributed by atoms with Gasteiger partial charge in [0, 0.05) is 18.1 Å². The highest BCUT2D eigenvalue weighted by Gasteiger charge is 2.17. The smallest absolute Gasteiger partial charge is 0.269 e. The maximum Gasteiger partial charge on any atom is 0.269 e. The highest BCUT2D eigenvalue weighted by atomic mass is 79.9. The Kier molecular flexibility index (Phi) is 4.64. The molecule has 0 aliphatic carbocycles. The number of aromatic nitrogens is 1. The summed E-state index contributed by atoms with van der Waals surface area (Å²) in [5.41, 5.74) is 0.777. The average molecular weight is 296 g/mol. The van der Waals surface area contributed by atoms with Crippen molar-refractivity contribution in [3.8, 4) is 6.07 Å². The number of rotatable bonds is 4. The molecule has 0 saturated carbocycles. The molecule has 0 aliphatic heterocycles. The van der Waals surface area contributed by atoms with E-state index in [4.69, 9.17) is 5.26 Å². The Hall–Kier alpha value is -1.41. The first-order valence-corrected chi connectivity index (χ1v) is 6.31. The summed E-state index contributed by atoms with van der Waals surface area (Å²) in [5.74, 6) is -0.219. The van der Waals surface area contributed by atoms with Gasteiger partial charge in [0.15, 0.2) is 0 Å². The number of nitriles is 1. The van der Waals surface area contributed by atoms with E-state index in [9.17, 15) is 4.79 Å². The minimum Gasteiger partial charge on any atom is -0.350 e. The van der Waals surface area contributed by atoms with Crippen molar-refractivity contribution in [3.05, 3.63) is 29.6 Å². The second-order valence-electron chi connectivity index (χ2n) is 4.52. The van der Waals surface area contributed by atoms with E-state index in [1.54, 1.807) is 12.1 Å². The monoisotopic (exact) mass is 295 g/mol. The summed E-state index contributed by atoms with van der Waals surface area (Å²) >= 11 is 3.39. The van der Waals surface area contributed by atoms with Crippen molar-refractivity contribution in [1.29, 1.82) is 5.26 Å². The van der Waals surface area contributed by atoms with Gasteiger partial charge >= 0.3 is 0 Å². The van der Waals surface area contributed by atoms with Crippen LogP contribution in [0.2, 0.25) is 0 Å². The van der Waals surface area contributed by atoms with E-state index in [2.05, 4.69) is 26.2 Å². The van der Waals surface area contributed by atoms with E-state index in [-0.39, 0.29) is 11.3 Å². The van der Waals surface area contributed by atoms with Gasteiger partial charge in [-0.1, -0.05) is 29.8 Å². The fraction of sp³-hybridized carbons (Fsp3) is 0.417. The molecule has 17 heavy (non-hydrogen) atoms. The molecule has 90 valence electrons. The minimum absolute atomic E-state index is 0.00224. The number of carbonyl (C=O) groups is 1. The van der Waals surface area contributed by atoms with Crippen LogP contribution in [0.15, 0.2) is 18.3 Å². The average Bonchev–Trinajstić information content (AvgIpc) is 2.36. The molecule has 0 aromatic carbocycles. The Labute approximate surface area is 109 Å². The molecule has 1 heterocycles. The molecule has 1 rings (SSSR count). The number of nitrogens with one attached hydrogen (secondary N) is 1. The second kappa shape index (κ2) is 5.78. The van der Waals surface area contributed by atoms with Gasteiger partial charge in [-0.05, 0) is 17.5 Å². The van der Waals surface area contributed by atoms with Crippen LogP contribution < -0.4 is 5.32 Å². The normalized spacial score (nSPS) is 10.7. The van der Waals surface area contributed by atoms with Crippen LogP contribution >= 0.6 is 15.9 Å². The highest BCUT2D eigenvalue weighted by molar-refractivity contribution is 9.09. The molecule has 0 radical (unpaired) electrons. The van der Waals surface area contributed by atoms with Crippen LogP contribution in [0.4, 0.5) is 0 Å². The third-order valence-corrected chi connectivity index (χ3v) is 3.73. The zero-order valence-corrected chi connectivity index (χ0v) is 11.4. The summed E-state index contributed by atoms with van der Waals surface area (Å²) in [6.07, 6.45) is 1.39. The SMILES string of the molecule is CC(C)(CBr)CNC(=O)c1ccc(C#N)cn1. The number of pyridine rings is 1.